The number of morpholine rings is 1. The Kier molecular flexibility index (Phi) is 5.63. The first-order valence-electron chi connectivity index (χ1n) is 7.86. The first-order chi connectivity index (χ1) is 9.22. The Hall–Kier alpha value is -0.160. The highest BCUT2D eigenvalue weighted by atomic mass is 16.5. The van der Waals surface area contributed by atoms with E-state index in [1.165, 1.54) is 12.8 Å². The van der Waals surface area contributed by atoms with E-state index in [0.29, 0.717) is 12.0 Å². The molecule has 0 radical (unpaired) electrons. The van der Waals surface area contributed by atoms with Gasteiger partial charge in [-0.05, 0) is 26.3 Å². The summed E-state index contributed by atoms with van der Waals surface area (Å²) in [6.45, 7) is 13.7. The number of hydrogen-bond donors (Lipinski definition) is 1. The molecule has 3 atom stereocenters. The van der Waals surface area contributed by atoms with Crippen molar-refractivity contribution in [2.75, 3.05) is 46.1 Å². The summed E-state index contributed by atoms with van der Waals surface area (Å²) in [6.07, 6.45) is 2.36. The second-order valence-electron chi connectivity index (χ2n) is 5.97. The minimum atomic E-state index is 0.207. The molecular formula is C15H30N2O2. The zero-order chi connectivity index (χ0) is 13.7. The highest BCUT2D eigenvalue weighted by molar-refractivity contribution is 5.00. The van der Waals surface area contributed by atoms with Crippen LogP contribution in [0.5, 0.6) is 0 Å². The van der Waals surface area contributed by atoms with Crippen LogP contribution in [0.25, 0.3) is 0 Å². The van der Waals surface area contributed by atoms with Crippen molar-refractivity contribution in [3.05, 3.63) is 0 Å². The van der Waals surface area contributed by atoms with Crippen molar-refractivity contribution in [2.45, 2.75) is 45.2 Å². The molecule has 0 aromatic carbocycles. The molecule has 2 aliphatic rings. The molecule has 112 valence electrons. The molecule has 2 fully saturated rings. The molecule has 0 amide bonds. The molecule has 2 rings (SSSR count). The van der Waals surface area contributed by atoms with Gasteiger partial charge in [-0.25, -0.2) is 0 Å². The van der Waals surface area contributed by atoms with Gasteiger partial charge in [0.2, 0.25) is 0 Å². The molecule has 0 aromatic heterocycles. The Morgan fingerprint density at radius 1 is 1.21 bits per heavy atom. The summed E-state index contributed by atoms with van der Waals surface area (Å²) in [5.74, 6) is 0.646. The minimum Gasteiger partial charge on any atom is -0.381 e. The molecule has 0 saturated carbocycles. The van der Waals surface area contributed by atoms with Gasteiger partial charge < -0.3 is 14.8 Å². The second kappa shape index (κ2) is 7.02. The summed E-state index contributed by atoms with van der Waals surface area (Å²) in [6, 6.07) is 0.517. The maximum Gasteiger partial charge on any atom is 0.0594 e. The topological polar surface area (TPSA) is 33.7 Å². The van der Waals surface area contributed by atoms with E-state index in [9.17, 15) is 0 Å². The van der Waals surface area contributed by atoms with Crippen molar-refractivity contribution < 1.29 is 9.47 Å². The number of ether oxygens (including phenoxy) is 2. The SMILES string of the molecule is CCNC(C1CCOC1)C(C)(CC)N1CCOCC1. The van der Waals surface area contributed by atoms with Crippen LogP contribution >= 0.6 is 0 Å². The van der Waals surface area contributed by atoms with Crippen molar-refractivity contribution in [2.24, 2.45) is 5.92 Å². The molecule has 0 aromatic rings. The van der Waals surface area contributed by atoms with Gasteiger partial charge in [-0.15, -0.1) is 0 Å². The third-order valence-electron chi connectivity index (χ3n) is 4.98. The minimum absolute atomic E-state index is 0.207. The van der Waals surface area contributed by atoms with Gasteiger partial charge in [0.05, 0.1) is 19.8 Å². The predicted octanol–water partition coefficient (Wildman–Crippen LogP) is 1.50. The first-order valence-corrected chi connectivity index (χ1v) is 7.86. The van der Waals surface area contributed by atoms with E-state index >= 15 is 0 Å². The third kappa shape index (κ3) is 3.30. The van der Waals surface area contributed by atoms with Gasteiger partial charge in [0.15, 0.2) is 0 Å². The Balaban J connectivity index is 2.13. The van der Waals surface area contributed by atoms with Crippen molar-refractivity contribution in [3.63, 3.8) is 0 Å². The summed E-state index contributed by atoms with van der Waals surface area (Å²) in [7, 11) is 0. The molecule has 0 bridgehead atoms. The average Bonchev–Trinajstić information content (AvgIpc) is 2.98. The van der Waals surface area contributed by atoms with E-state index in [0.717, 1.165) is 46.1 Å². The van der Waals surface area contributed by atoms with E-state index in [1.54, 1.807) is 0 Å². The monoisotopic (exact) mass is 270 g/mol. The van der Waals surface area contributed by atoms with Gasteiger partial charge in [-0.3, -0.25) is 4.90 Å². The first kappa shape index (κ1) is 15.2. The molecule has 2 aliphatic heterocycles. The quantitative estimate of drug-likeness (QED) is 0.793. The number of hydrogen-bond acceptors (Lipinski definition) is 4. The van der Waals surface area contributed by atoms with Crippen LogP contribution in [0, 0.1) is 5.92 Å². The van der Waals surface area contributed by atoms with Gasteiger partial charge in [0.1, 0.15) is 0 Å². The fraction of sp³-hybridized carbons (Fsp3) is 1.00. The molecule has 19 heavy (non-hydrogen) atoms. The average molecular weight is 270 g/mol. The highest BCUT2D eigenvalue weighted by Crippen LogP contribution is 2.32. The molecule has 0 aliphatic carbocycles. The number of nitrogens with one attached hydrogen (secondary N) is 1. The Bertz CT molecular complexity index is 263. The summed E-state index contributed by atoms with van der Waals surface area (Å²) >= 11 is 0. The highest BCUT2D eigenvalue weighted by Gasteiger charge is 2.43. The van der Waals surface area contributed by atoms with Crippen LogP contribution in [0.15, 0.2) is 0 Å². The van der Waals surface area contributed by atoms with Gasteiger partial charge in [-0.2, -0.15) is 0 Å². The van der Waals surface area contributed by atoms with Gasteiger partial charge >= 0.3 is 0 Å². The molecule has 4 heteroatoms. The maximum atomic E-state index is 5.63. The molecule has 0 spiro atoms. The normalized spacial score (nSPS) is 30.2. The zero-order valence-corrected chi connectivity index (χ0v) is 12.8. The summed E-state index contributed by atoms with van der Waals surface area (Å²) < 4.78 is 11.1. The van der Waals surface area contributed by atoms with Crippen molar-refractivity contribution >= 4 is 0 Å². The Labute approximate surface area is 117 Å². The van der Waals surface area contributed by atoms with Crippen molar-refractivity contribution in [3.8, 4) is 0 Å². The Morgan fingerprint density at radius 3 is 2.47 bits per heavy atom. The van der Waals surface area contributed by atoms with Crippen LogP contribution in [0.4, 0.5) is 0 Å². The van der Waals surface area contributed by atoms with E-state index in [4.69, 9.17) is 9.47 Å². The number of rotatable bonds is 6. The molecule has 2 saturated heterocycles. The van der Waals surface area contributed by atoms with Crippen LogP contribution < -0.4 is 5.32 Å². The summed E-state index contributed by atoms with van der Waals surface area (Å²) in [4.78, 5) is 2.63. The van der Waals surface area contributed by atoms with E-state index in [1.807, 2.05) is 0 Å². The Morgan fingerprint density at radius 2 is 1.95 bits per heavy atom. The van der Waals surface area contributed by atoms with Crippen LogP contribution in [0.2, 0.25) is 0 Å². The third-order valence-corrected chi connectivity index (χ3v) is 4.98. The van der Waals surface area contributed by atoms with Gasteiger partial charge in [0.25, 0.3) is 0 Å². The zero-order valence-electron chi connectivity index (χ0n) is 12.8. The predicted molar refractivity (Wildman–Crippen MR) is 77.5 cm³/mol. The lowest BCUT2D eigenvalue weighted by atomic mass is 9.79. The second-order valence-corrected chi connectivity index (χ2v) is 5.97. The van der Waals surface area contributed by atoms with Crippen molar-refractivity contribution in [1.29, 1.82) is 0 Å². The van der Waals surface area contributed by atoms with E-state index in [-0.39, 0.29) is 5.54 Å². The lowest BCUT2D eigenvalue weighted by Gasteiger charge is -2.49. The lowest BCUT2D eigenvalue weighted by Crippen LogP contribution is -2.64. The van der Waals surface area contributed by atoms with E-state index in [2.05, 4.69) is 31.0 Å². The lowest BCUT2D eigenvalue weighted by molar-refractivity contribution is -0.0413. The van der Waals surface area contributed by atoms with Gasteiger partial charge in [0, 0.05) is 37.2 Å². The fourth-order valence-electron chi connectivity index (χ4n) is 3.64. The number of nitrogens with zero attached hydrogens (tertiary/aromatic N) is 1. The fourth-order valence-corrected chi connectivity index (χ4v) is 3.64. The largest absolute Gasteiger partial charge is 0.381 e. The molecule has 3 unspecified atom stereocenters. The summed E-state index contributed by atoms with van der Waals surface area (Å²) in [5, 5.41) is 3.75. The van der Waals surface area contributed by atoms with Crippen molar-refractivity contribution in [1.82, 2.24) is 10.2 Å². The standard InChI is InChI=1S/C15H30N2O2/c1-4-15(3,17-7-10-18-11-8-17)14(16-5-2)13-6-9-19-12-13/h13-14,16H,4-12H2,1-3H3. The molecular weight excluding hydrogens is 240 g/mol. The molecule has 4 nitrogen and oxygen atoms in total. The smallest absolute Gasteiger partial charge is 0.0594 e. The number of likely N-dealkylation sites (N-methyl/N-ethyl adjacent to an activating group) is 1. The van der Waals surface area contributed by atoms with Gasteiger partial charge in [-0.1, -0.05) is 13.8 Å². The summed E-state index contributed by atoms with van der Waals surface area (Å²) in [5.41, 5.74) is 0.207. The van der Waals surface area contributed by atoms with Crippen LogP contribution in [0.1, 0.15) is 33.6 Å². The molecule has 2 heterocycles. The maximum absolute atomic E-state index is 5.63. The molecule has 1 N–H and O–H groups in total. The van der Waals surface area contributed by atoms with Crippen LogP contribution in [-0.2, 0) is 9.47 Å². The van der Waals surface area contributed by atoms with Crippen LogP contribution in [-0.4, -0.2) is 62.5 Å². The van der Waals surface area contributed by atoms with E-state index < -0.39 is 0 Å². The van der Waals surface area contributed by atoms with Crippen LogP contribution in [0.3, 0.4) is 0 Å².